The maximum Gasteiger partial charge on any atom is 0.237 e. The molecule has 182 valence electrons. The van der Waals surface area contributed by atoms with Gasteiger partial charge in [0.05, 0.1) is 23.3 Å². The number of nitrogens with zero attached hydrogens (tertiary/aromatic N) is 4. The van der Waals surface area contributed by atoms with E-state index in [1.807, 2.05) is 51.4 Å². The van der Waals surface area contributed by atoms with Crippen LogP contribution in [0.15, 0.2) is 65.8 Å². The lowest BCUT2D eigenvalue weighted by atomic mass is 10.2. The van der Waals surface area contributed by atoms with Crippen LogP contribution in [0.2, 0.25) is 5.02 Å². The fraction of sp³-hybridized carbons (Fsp3) is 0.160. The van der Waals surface area contributed by atoms with E-state index in [9.17, 15) is 9.18 Å². The van der Waals surface area contributed by atoms with E-state index in [0.717, 1.165) is 16.6 Å². The molecular weight excluding hydrogens is 505 g/mol. The molecule has 0 saturated carbocycles. The van der Waals surface area contributed by atoms with E-state index < -0.39 is 0 Å². The average molecular weight is 524 g/mol. The number of thioether (sulfide) groups is 1. The lowest BCUT2D eigenvalue weighted by molar-refractivity contribution is -0.118. The minimum Gasteiger partial charge on any atom is -0.454 e. The van der Waals surface area contributed by atoms with Crippen molar-refractivity contribution in [3.63, 3.8) is 0 Å². The third-order valence-electron chi connectivity index (χ3n) is 5.91. The molecular formula is C25H19ClFN5O3S. The number of carbonyl (C=O) groups is 1. The first kappa shape index (κ1) is 22.7. The van der Waals surface area contributed by atoms with Gasteiger partial charge in [-0.1, -0.05) is 47.6 Å². The molecule has 3 heterocycles. The lowest BCUT2D eigenvalue weighted by Gasteiger charge is -2.08. The molecule has 0 aliphatic carbocycles. The van der Waals surface area contributed by atoms with Gasteiger partial charge in [-0.3, -0.25) is 9.20 Å². The molecule has 0 unspecified atom stereocenters. The number of fused-ring (bicyclic) bond motifs is 4. The summed E-state index contributed by atoms with van der Waals surface area (Å²) < 4.78 is 29.0. The molecule has 2 aromatic heterocycles. The Hall–Kier alpha value is -3.76. The number of rotatable bonds is 7. The summed E-state index contributed by atoms with van der Waals surface area (Å²) in [6, 6.07) is 17.9. The van der Waals surface area contributed by atoms with Gasteiger partial charge in [-0.2, -0.15) is 0 Å². The Morgan fingerprint density at radius 2 is 1.89 bits per heavy atom. The summed E-state index contributed by atoms with van der Waals surface area (Å²) in [5, 5.41) is 12.5. The first-order valence-electron chi connectivity index (χ1n) is 11.1. The SMILES string of the molecule is O=C(CSc1nnc2n(Cc3c(F)cccc3Cl)c3ccccc3n12)NCc1ccc2c(c1)OCO2. The maximum absolute atomic E-state index is 14.5. The highest BCUT2D eigenvalue weighted by Crippen LogP contribution is 2.32. The summed E-state index contributed by atoms with van der Waals surface area (Å²) in [5.41, 5.74) is 3.00. The molecule has 0 spiro atoms. The predicted octanol–water partition coefficient (Wildman–Crippen LogP) is 4.66. The highest BCUT2D eigenvalue weighted by Gasteiger charge is 2.20. The Balaban J connectivity index is 1.21. The van der Waals surface area contributed by atoms with Crippen molar-refractivity contribution < 1.29 is 18.7 Å². The van der Waals surface area contributed by atoms with Crippen molar-refractivity contribution in [3.8, 4) is 11.5 Å². The molecule has 0 bridgehead atoms. The zero-order valence-corrected chi connectivity index (χ0v) is 20.4. The summed E-state index contributed by atoms with van der Waals surface area (Å²) in [5.74, 6) is 1.55. The van der Waals surface area contributed by atoms with E-state index in [-0.39, 0.29) is 30.8 Å². The number of ether oxygens (including phenoxy) is 2. The number of aromatic nitrogens is 4. The number of halogens is 2. The topological polar surface area (TPSA) is 82.7 Å². The zero-order valence-electron chi connectivity index (χ0n) is 18.8. The maximum atomic E-state index is 14.5. The number of hydrogen-bond donors (Lipinski definition) is 1. The van der Waals surface area contributed by atoms with Crippen molar-refractivity contribution in [1.82, 2.24) is 24.5 Å². The van der Waals surface area contributed by atoms with Crippen molar-refractivity contribution in [2.75, 3.05) is 12.5 Å². The Bertz CT molecular complexity index is 1600. The molecule has 5 aromatic rings. The van der Waals surface area contributed by atoms with Crippen LogP contribution in [-0.2, 0) is 17.9 Å². The smallest absolute Gasteiger partial charge is 0.237 e. The molecule has 1 aliphatic heterocycles. The molecule has 6 rings (SSSR count). The standard InChI is InChI=1S/C25H19ClFN5O3S/c26-17-4-3-5-18(27)16(17)12-31-19-6-1-2-7-20(19)32-24(31)29-30-25(32)36-13-23(33)28-11-15-8-9-21-22(10-15)35-14-34-21/h1-10H,11-14H2,(H,28,33). The number of para-hydroxylation sites is 2. The Morgan fingerprint density at radius 3 is 2.75 bits per heavy atom. The summed E-state index contributed by atoms with van der Waals surface area (Å²) >= 11 is 7.56. The van der Waals surface area contributed by atoms with E-state index in [1.165, 1.54) is 17.8 Å². The van der Waals surface area contributed by atoms with Crippen LogP contribution in [0.25, 0.3) is 16.8 Å². The van der Waals surface area contributed by atoms with Crippen LogP contribution in [0.1, 0.15) is 11.1 Å². The van der Waals surface area contributed by atoms with Crippen LogP contribution in [0.5, 0.6) is 11.5 Å². The average Bonchev–Trinajstić information content (AvgIpc) is 3.59. The van der Waals surface area contributed by atoms with Gasteiger partial charge in [0.2, 0.25) is 18.5 Å². The van der Waals surface area contributed by atoms with Gasteiger partial charge in [-0.05, 0) is 42.0 Å². The largest absolute Gasteiger partial charge is 0.454 e. The van der Waals surface area contributed by atoms with Crippen LogP contribution in [0.3, 0.4) is 0 Å². The van der Waals surface area contributed by atoms with Crippen molar-refractivity contribution >= 4 is 46.1 Å². The monoisotopic (exact) mass is 523 g/mol. The Labute approximate surface area is 214 Å². The molecule has 0 saturated heterocycles. The van der Waals surface area contributed by atoms with Crippen LogP contribution in [-0.4, -0.2) is 37.6 Å². The van der Waals surface area contributed by atoms with Crippen molar-refractivity contribution in [2.24, 2.45) is 0 Å². The first-order valence-corrected chi connectivity index (χ1v) is 12.5. The highest BCUT2D eigenvalue weighted by molar-refractivity contribution is 7.99. The van der Waals surface area contributed by atoms with Gasteiger partial charge in [-0.15, -0.1) is 10.2 Å². The van der Waals surface area contributed by atoms with Gasteiger partial charge in [0.1, 0.15) is 5.82 Å². The molecule has 11 heteroatoms. The summed E-state index contributed by atoms with van der Waals surface area (Å²) in [6.07, 6.45) is 0. The Kier molecular flexibility index (Phi) is 5.90. The second-order valence-electron chi connectivity index (χ2n) is 8.15. The minimum atomic E-state index is -0.383. The fourth-order valence-corrected chi connectivity index (χ4v) is 5.15. The molecule has 8 nitrogen and oxygen atoms in total. The number of benzene rings is 3. The second-order valence-corrected chi connectivity index (χ2v) is 9.50. The molecule has 36 heavy (non-hydrogen) atoms. The third-order valence-corrected chi connectivity index (χ3v) is 7.19. The Morgan fingerprint density at radius 1 is 1.06 bits per heavy atom. The van der Waals surface area contributed by atoms with Gasteiger partial charge in [-0.25, -0.2) is 4.39 Å². The predicted molar refractivity (Wildman–Crippen MR) is 134 cm³/mol. The molecule has 1 aliphatic rings. The van der Waals surface area contributed by atoms with E-state index in [2.05, 4.69) is 15.5 Å². The normalized spacial score (nSPS) is 12.5. The van der Waals surface area contributed by atoms with Gasteiger partial charge in [0, 0.05) is 17.1 Å². The van der Waals surface area contributed by atoms with Gasteiger partial charge in [0.25, 0.3) is 0 Å². The van der Waals surface area contributed by atoms with Crippen molar-refractivity contribution in [3.05, 3.63) is 82.6 Å². The van der Waals surface area contributed by atoms with Crippen LogP contribution < -0.4 is 14.8 Å². The second kappa shape index (κ2) is 9.36. The highest BCUT2D eigenvalue weighted by atomic mass is 35.5. The molecule has 0 fully saturated rings. The molecule has 1 amide bonds. The van der Waals surface area contributed by atoms with Gasteiger partial charge in [0.15, 0.2) is 16.7 Å². The lowest BCUT2D eigenvalue weighted by Crippen LogP contribution is -2.24. The van der Waals surface area contributed by atoms with E-state index >= 15 is 0 Å². The fourth-order valence-electron chi connectivity index (χ4n) is 4.16. The zero-order chi connectivity index (χ0) is 24.6. The number of imidazole rings is 1. The van der Waals surface area contributed by atoms with E-state index in [4.69, 9.17) is 21.1 Å². The van der Waals surface area contributed by atoms with Crippen molar-refractivity contribution in [1.29, 1.82) is 0 Å². The summed E-state index contributed by atoms with van der Waals surface area (Å²) in [7, 11) is 0. The summed E-state index contributed by atoms with van der Waals surface area (Å²) in [6.45, 7) is 0.771. The minimum absolute atomic E-state index is 0.142. The van der Waals surface area contributed by atoms with Crippen molar-refractivity contribution in [2.45, 2.75) is 18.2 Å². The first-order chi connectivity index (χ1) is 17.6. The quantitative estimate of drug-likeness (QED) is 0.312. The molecule has 0 atom stereocenters. The van der Waals surface area contributed by atoms with Gasteiger partial charge < -0.3 is 19.4 Å². The van der Waals surface area contributed by atoms with Crippen LogP contribution in [0, 0.1) is 5.82 Å². The number of nitrogens with one attached hydrogen (secondary N) is 1. The summed E-state index contributed by atoms with van der Waals surface area (Å²) in [4.78, 5) is 12.6. The van der Waals surface area contributed by atoms with E-state index in [1.54, 1.807) is 12.1 Å². The molecule has 0 radical (unpaired) electrons. The number of carbonyl (C=O) groups excluding carboxylic acids is 1. The number of amides is 1. The van der Waals surface area contributed by atoms with E-state index in [0.29, 0.717) is 39.6 Å². The van der Waals surface area contributed by atoms with Gasteiger partial charge >= 0.3 is 0 Å². The van der Waals surface area contributed by atoms with Crippen LogP contribution in [0.4, 0.5) is 4.39 Å². The molecule has 1 N–H and O–H groups in total. The van der Waals surface area contributed by atoms with Crippen LogP contribution >= 0.6 is 23.4 Å². The number of hydrogen-bond acceptors (Lipinski definition) is 6. The third kappa shape index (κ3) is 4.12. The molecule has 3 aromatic carbocycles.